The summed E-state index contributed by atoms with van der Waals surface area (Å²) < 4.78 is 10.9. The first-order chi connectivity index (χ1) is 16.5. The Morgan fingerprint density at radius 2 is 1.68 bits per heavy atom. The first-order valence-electron chi connectivity index (χ1n) is 10.8. The number of H-pyrrole nitrogens is 1. The summed E-state index contributed by atoms with van der Waals surface area (Å²) in [4.78, 5) is 30.5. The molecule has 3 aromatic carbocycles. The molecule has 4 aromatic rings. The van der Waals surface area contributed by atoms with E-state index in [4.69, 9.17) is 21.1 Å². The van der Waals surface area contributed by atoms with Crippen LogP contribution in [0, 0.1) is 0 Å². The normalized spacial score (nSPS) is 12.0. The van der Waals surface area contributed by atoms with Crippen LogP contribution in [0.5, 0.6) is 11.5 Å². The smallest absolute Gasteiger partial charge is 0.318 e. The van der Waals surface area contributed by atoms with Gasteiger partial charge >= 0.3 is 6.03 Å². The highest BCUT2D eigenvalue weighted by atomic mass is 35.5. The van der Waals surface area contributed by atoms with Crippen molar-refractivity contribution in [2.75, 3.05) is 6.79 Å². The third-order valence-corrected chi connectivity index (χ3v) is 5.89. The molecular weight excluding hydrogens is 454 g/mol. The van der Waals surface area contributed by atoms with Crippen LogP contribution < -0.4 is 20.3 Å². The zero-order chi connectivity index (χ0) is 23.5. The summed E-state index contributed by atoms with van der Waals surface area (Å²) in [5, 5.41) is 4.37. The number of halogens is 1. The number of aromatic amines is 1. The molecule has 0 radical (unpaired) electrons. The number of fused-ring (bicyclic) bond motifs is 2. The highest BCUT2D eigenvalue weighted by molar-refractivity contribution is 6.30. The maximum Gasteiger partial charge on any atom is 0.318 e. The molecule has 2 heterocycles. The SMILES string of the molecule is O=C(NCc1ccccc1)N(Cc1ccc(Cl)cc1)Cc1cc2cc3c(cc2[nH]c1=O)OCO3. The predicted octanol–water partition coefficient (Wildman–Crippen LogP) is 4.82. The molecule has 0 unspecified atom stereocenters. The van der Waals surface area contributed by atoms with Crippen LogP contribution >= 0.6 is 11.6 Å². The lowest BCUT2D eigenvalue weighted by Crippen LogP contribution is -2.39. The fourth-order valence-electron chi connectivity index (χ4n) is 3.86. The molecule has 1 aliphatic rings. The van der Waals surface area contributed by atoms with Crippen LogP contribution in [0.2, 0.25) is 5.02 Å². The van der Waals surface area contributed by atoms with Crippen molar-refractivity contribution in [3.8, 4) is 11.5 Å². The topological polar surface area (TPSA) is 83.7 Å². The van der Waals surface area contributed by atoms with E-state index < -0.39 is 0 Å². The van der Waals surface area contributed by atoms with Crippen LogP contribution in [0.1, 0.15) is 16.7 Å². The molecule has 0 aliphatic carbocycles. The van der Waals surface area contributed by atoms with Gasteiger partial charge in [0, 0.05) is 35.1 Å². The van der Waals surface area contributed by atoms with E-state index in [1.54, 1.807) is 29.2 Å². The van der Waals surface area contributed by atoms with Crippen molar-refractivity contribution in [2.24, 2.45) is 0 Å². The minimum atomic E-state index is -0.274. The van der Waals surface area contributed by atoms with Gasteiger partial charge in [-0.05, 0) is 35.4 Å². The second-order valence-electron chi connectivity index (χ2n) is 8.04. The number of rotatable bonds is 6. The monoisotopic (exact) mass is 475 g/mol. The molecule has 1 aliphatic heterocycles. The number of ether oxygens (including phenoxy) is 2. The molecule has 0 saturated carbocycles. The van der Waals surface area contributed by atoms with Crippen molar-refractivity contribution in [3.63, 3.8) is 0 Å². The Morgan fingerprint density at radius 1 is 0.941 bits per heavy atom. The van der Waals surface area contributed by atoms with E-state index in [9.17, 15) is 9.59 Å². The molecule has 5 rings (SSSR count). The molecule has 172 valence electrons. The van der Waals surface area contributed by atoms with Gasteiger partial charge in [0.05, 0.1) is 12.1 Å². The second-order valence-corrected chi connectivity index (χ2v) is 8.48. The van der Waals surface area contributed by atoms with Crippen molar-refractivity contribution in [2.45, 2.75) is 19.6 Å². The lowest BCUT2D eigenvalue weighted by Gasteiger charge is -2.23. The Bertz CT molecular complexity index is 1390. The fourth-order valence-corrected chi connectivity index (χ4v) is 3.99. The number of urea groups is 1. The van der Waals surface area contributed by atoms with Crippen molar-refractivity contribution in [1.82, 2.24) is 15.2 Å². The molecule has 34 heavy (non-hydrogen) atoms. The van der Waals surface area contributed by atoms with Gasteiger partial charge < -0.3 is 24.7 Å². The summed E-state index contributed by atoms with van der Waals surface area (Å²) in [7, 11) is 0. The van der Waals surface area contributed by atoms with E-state index in [-0.39, 0.29) is 24.9 Å². The zero-order valence-corrected chi connectivity index (χ0v) is 19.0. The standard InChI is InChI=1S/C26H22ClN3O4/c27-21-8-6-18(7-9-21)14-30(26(32)28-13-17-4-2-1-3-5-17)15-20-10-19-11-23-24(34-16-33-23)12-22(19)29-25(20)31/h1-12H,13-16H2,(H,28,32)(H,29,31). The van der Waals surface area contributed by atoms with E-state index in [2.05, 4.69) is 10.3 Å². The van der Waals surface area contributed by atoms with Crippen LogP contribution in [-0.2, 0) is 19.6 Å². The number of hydrogen-bond donors (Lipinski definition) is 2. The van der Waals surface area contributed by atoms with Gasteiger partial charge in [-0.2, -0.15) is 0 Å². The average Bonchev–Trinajstić information content (AvgIpc) is 3.30. The second kappa shape index (κ2) is 9.49. The van der Waals surface area contributed by atoms with E-state index in [1.807, 2.05) is 48.5 Å². The number of pyridine rings is 1. The van der Waals surface area contributed by atoms with Crippen molar-refractivity contribution < 1.29 is 14.3 Å². The summed E-state index contributed by atoms with van der Waals surface area (Å²) in [6.45, 7) is 0.979. The quantitative estimate of drug-likeness (QED) is 0.418. The summed E-state index contributed by atoms with van der Waals surface area (Å²) in [5.74, 6) is 1.23. The lowest BCUT2D eigenvalue weighted by atomic mass is 10.1. The third kappa shape index (κ3) is 4.84. The molecule has 1 aromatic heterocycles. The highest BCUT2D eigenvalue weighted by Crippen LogP contribution is 2.35. The fraction of sp³-hybridized carbons (Fsp3) is 0.154. The maximum absolute atomic E-state index is 13.2. The zero-order valence-electron chi connectivity index (χ0n) is 18.2. The number of benzene rings is 3. The van der Waals surface area contributed by atoms with Crippen molar-refractivity contribution in [1.29, 1.82) is 0 Å². The van der Waals surface area contributed by atoms with Gasteiger partial charge in [0.2, 0.25) is 6.79 Å². The Labute approximate surface area is 200 Å². The maximum atomic E-state index is 13.2. The minimum absolute atomic E-state index is 0.128. The van der Waals surface area contributed by atoms with Crippen LogP contribution in [0.15, 0.2) is 77.6 Å². The molecule has 0 saturated heterocycles. The summed E-state index contributed by atoms with van der Waals surface area (Å²) in [6.07, 6.45) is 0. The van der Waals surface area contributed by atoms with Gasteiger partial charge in [-0.15, -0.1) is 0 Å². The van der Waals surface area contributed by atoms with E-state index in [0.717, 1.165) is 16.5 Å². The molecular formula is C26H22ClN3O4. The van der Waals surface area contributed by atoms with Crippen molar-refractivity contribution in [3.05, 3.63) is 105 Å². The van der Waals surface area contributed by atoms with E-state index in [1.165, 1.54) is 0 Å². The minimum Gasteiger partial charge on any atom is -0.454 e. The largest absolute Gasteiger partial charge is 0.454 e. The molecule has 0 atom stereocenters. The number of amides is 2. The lowest BCUT2D eigenvalue weighted by molar-refractivity contribution is 0.174. The Kier molecular flexibility index (Phi) is 6.10. The molecule has 0 bridgehead atoms. The van der Waals surface area contributed by atoms with Gasteiger partial charge in [-0.3, -0.25) is 4.79 Å². The van der Waals surface area contributed by atoms with Crippen LogP contribution in [0.3, 0.4) is 0 Å². The first-order valence-corrected chi connectivity index (χ1v) is 11.2. The molecule has 8 heteroatoms. The highest BCUT2D eigenvalue weighted by Gasteiger charge is 2.19. The van der Waals surface area contributed by atoms with Gasteiger partial charge in [0.15, 0.2) is 11.5 Å². The van der Waals surface area contributed by atoms with E-state index in [0.29, 0.717) is 40.7 Å². The first kappa shape index (κ1) is 21.9. The number of aromatic nitrogens is 1. The van der Waals surface area contributed by atoms with E-state index >= 15 is 0 Å². The van der Waals surface area contributed by atoms with Gasteiger partial charge in [-0.25, -0.2) is 4.79 Å². The molecule has 0 fully saturated rings. The Morgan fingerprint density at radius 3 is 2.44 bits per heavy atom. The number of carbonyl (C=O) groups is 1. The van der Waals surface area contributed by atoms with Gasteiger partial charge in [-0.1, -0.05) is 54.1 Å². The predicted molar refractivity (Wildman–Crippen MR) is 130 cm³/mol. The third-order valence-electron chi connectivity index (χ3n) is 5.64. The van der Waals surface area contributed by atoms with Crippen LogP contribution in [0.4, 0.5) is 4.79 Å². The van der Waals surface area contributed by atoms with Gasteiger partial charge in [0.25, 0.3) is 5.56 Å². The Balaban J connectivity index is 1.42. The summed E-state index contributed by atoms with van der Waals surface area (Å²) in [5.41, 5.74) is 2.75. The molecule has 0 spiro atoms. The summed E-state index contributed by atoms with van der Waals surface area (Å²) in [6, 6.07) is 22.1. The number of nitrogens with one attached hydrogen (secondary N) is 2. The Hall–Kier alpha value is -3.97. The molecule has 2 N–H and O–H groups in total. The number of hydrogen-bond acceptors (Lipinski definition) is 4. The van der Waals surface area contributed by atoms with Gasteiger partial charge in [0.1, 0.15) is 0 Å². The van der Waals surface area contributed by atoms with Crippen molar-refractivity contribution >= 4 is 28.5 Å². The van der Waals surface area contributed by atoms with Crippen LogP contribution in [-0.4, -0.2) is 22.7 Å². The average molecular weight is 476 g/mol. The molecule has 7 nitrogen and oxygen atoms in total. The number of carbonyl (C=O) groups excluding carboxylic acids is 1. The number of nitrogens with zero attached hydrogens (tertiary/aromatic N) is 1. The summed E-state index contributed by atoms with van der Waals surface area (Å²) >= 11 is 6.02. The molecule has 2 amide bonds. The van der Waals surface area contributed by atoms with Crippen LogP contribution in [0.25, 0.3) is 10.9 Å².